The molecule has 4 rings (SSSR count). The Bertz CT molecular complexity index is 1100. The van der Waals surface area contributed by atoms with Gasteiger partial charge in [0, 0.05) is 22.1 Å². The van der Waals surface area contributed by atoms with Crippen molar-refractivity contribution >= 4 is 44.8 Å². The van der Waals surface area contributed by atoms with E-state index in [1.807, 2.05) is 17.5 Å². The highest BCUT2D eigenvalue weighted by Crippen LogP contribution is 2.40. The molecule has 0 saturated heterocycles. The number of carbonyl (C=O) groups is 1. The monoisotopic (exact) mass is 412 g/mol. The quantitative estimate of drug-likeness (QED) is 0.400. The predicted octanol–water partition coefficient (Wildman–Crippen LogP) is 5.67. The molecule has 1 aliphatic carbocycles. The average Bonchev–Trinajstić information content (AvgIpc) is 3.26. The van der Waals surface area contributed by atoms with Crippen molar-refractivity contribution in [1.82, 2.24) is 4.98 Å². The molecule has 0 radical (unpaired) electrons. The number of hydrogen-bond donors (Lipinski definition) is 0. The Kier molecular flexibility index (Phi) is 5.21. The fraction of sp³-hybridized carbons (Fsp3) is 0.286. The van der Waals surface area contributed by atoms with Gasteiger partial charge in [-0.15, -0.1) is 16.3 Å². The Hall–Kier alpha value is -2.62. The maximum atomic E-state index is 11.8. The summed E-state index contributed by atoms with van der Waals surface area (Å²) < 4.78 is 12.2. The second-order valence-electron chi connectivity index (χ2n) is 6.48. The van der Waals surface area contributed by atoms with Crippen molar-refractivity contribution in [2.45, 2.75) is 32.3 Å². The van der Waals surface area contributed by atoms with Crippen LogP contribution in [0.3, 0.4) is 0 Å². The minimum absolute atomic E-state index is 0.102. The van der Waals surface area contributed by atoms with Crippen LogP contribution in [0.15, 0.2) is 29.6 Å². The number of hydrogen-bond acceptors (Lipinski definition) is 5. The number of esters is 1. The van der Waals surface area contributed by atoms with Gasteiger partial charge >= 0.3 is 5.97 Å². The first kappa shape index (κ1) is 18.7. The number of nitrogens with zero attached hydrogens (tertiary/aromatic N) is 2. The first-order chi connectivity index (χ1) is 13.6. The molecule has 5 nitrogen and oxygen atoms in total. The van der Waals surface area contributed by atoms with Crippen LogP contribution >= 0.6 is 22.9 Å². The molecule has 0 fully saturated rings. The van der Waals surface area contributed by atoms with Crippen molar-refractivity contribution in [3.8, 4) is 5.75 Å². The Morgan fingerprint density at radius 1 is 1.43 bits per heavy atom. The molecule has 2 aromatic heterocycles. The zero-order valence-corrected chi connectivity index (χ0v) is 16.8. The Labute approximate surface area is 171 Å². The van der Waals surface area contributed by atoms with Gasteiger partial charge in [0.25, 0.3) is 5.82 Å². The third kappa shape index (κ3) is 3.56. The fourth-order valence-electron chi connectivity index (χ4n) is 3.49. The SMILES string of the molecule is [C-]#[N+]c1ccc2c(n1)CCC2Oc1cc(Cl)c2c(CC(=O)OCC)csc2c1. The molecule has 1 atom stereocenters. The van der Waals surface area contributed by atoms with Gasteiger partial charge in [0.05, 0.1) is 18.1 Å². The van der Waals surface area contributed by atoms with E-state index in [-0.39, 0.29) is 18.5 Å². The molecule has 1 unspecified atom stereocenters. The second-order valence-corrected chi connectivity index (χ2v) is 7.80. The van der Waals surface area contributed by atoms with Crippen LogP contribution in [0.5, 0.6) is 5.75 Å². The van der Waals surface area contributed by atoms with Crippen LogP contribution in [0.4, 0.5) is 5.82 Å². The van der Waals surface area contributed by atoms with Crippen LogP contribution in [0.2, 0.25) is 5.02 Å². The van der Waals surface area contributed by atoms with E-state index in [0.717, 1.165) is 39.7 Å². The Balaban J connectivity index is 1.58. The third-order valence-corrected chi connectivity index (χ3v) is 5.97. The second kappa shape index (κ2) is 7.78. The highest BCUT2D eigenvalue weighted by Gasteiger charge is 2.28. The van der Waals surface area contributed by atoms with E-state index in [4.69, 9.17) is 27.6 Å². The minimum Gasteiger partial charge on any atom is -0.485 e. The molecule has 1 aliphatic rings. The predicted molar refractivity (Wildman–Crippen MR) is 109 cm³/mol. The zero-order valence-electron chi connectivity index (χ0n) is 15.2. The zero-order chi connectivity index (χ0) is 19.7. The molecular weight excluding hydrogens is 396 g/mol. The van der Waals surface area contributed by atoms with E-state index in [1.165, 1.54) is 11.3 Å². The first-order valence-corrected chi connectivity index (χ1v) is 10.2. The number of fused-ring (bicyclic) bond motifs is 2. The lowest BCUT2D eigenvalue weighted by atomic mass is 10.1. The molecule has 0 amide bonds. The van der Waals surface area contributed by atoms with Crippen molar-refractivity contribution in [3.63, 3.8) is 0 Å². The summed E-state index contributed by atoms with van der Waals surface area (Å²) in [5, 5.41) is 3.38. The van der Waals surface area contributed by atoms with Gasteiger partial charge in [-0.05, 0) is 42.5 Å². The van der Waals surface area contributed by atoms with Crippen LogP contribution in [0.1, 0.15) is 36.3 Å². The van der Waals surface area contributed by atoms with Crippen LogP contribution in [0, 0.1) is 6.57 Å². The number of aromatic nitrogens is 1. The van der Waals surface area contributed by atoms with Gasteiger partial charge in [-0.1, -0.05) is 24.2 Å². The summed E-state index contributed by atoms with van der Waals surface area (Å²) in [5.41, 5.74) is 2.83. The highest BCUT2D eigenvalue weighted by atomic mass is 35.5. The Morgan fingerprint density at radius 3 is 3.07 bits per heavy atom. The molecule has 7 heteroatoms. The van der Waals surface area contributed by atoms with Gasteiger partial charge in [-0.25, -0.2) is 0 Å². The molecule has 142 valence electrons. The number of pyridine rings is 1. The first-order valence-electron chi connectivity index (χ1n) is 8.98. The number of thiophene rings is 1. The highest BCUT2D eigenvalue weighted by molar-refractivity contribution is 7.17. The van der Waals surface area contributed by atoms with E-state index in [2.05, 4.69) is 9.83 Å². The summed E-state index contributed by atoms with van der Waals surface area (Å²) in [4.78, 5) is 19.6. The average molecular weight is 413 g/mol. The maximum Gasteiger partial charge on any atom is 0.310 e. The molecule has 3 aromatic rings. The van der Waals surface area contributed by atoms with Gasteiger partial charge in [0.1, 0.15) is 17.5 Å². The number of ether oxygens (including phenoxy) is 2. The van der Waals surface area contributed by atoms with E-state index in [0.29, 0.717) is 23.2 Å². The van der Waals surface area contributed by atoms with E-state index >= 15 is 0 Å². The van der Waals surface area contributed by atoms with Gasteiger partial charge < -0.3 is 14.3 Å². The molecular formula is C21H17ClN2O3S. The number of benzene rings is 1. The lowest BCUT2D eigenvalue weighted by Crippen LogP contribution is -2.07. The molecule has 0 N–H and O–H groups in total. The normalized spacial score (nSPS) is 15.2. The van der Waals surface area contributed by atoms with Gasteiger partial charge in [0.15, 0.2) is 0 Å². The van der Waals surface area contributed by atoms with E-state index < -0.39 is 0 Å². The third-order valence-electron chi connectivity index (χ3n) is 4.69. The molecule has 0 saturated carbocycles. The van der Waals surface area contributed by atoms with Crippen molar-refractivity contribution in [1.29, 1.82) is 0 Å². The maximum absolute atomic E-state index is 11.8. The Morgan fingerprint density at radius 2 is 2.29 bits per heavy atom. The lowest BCUT2D eigenvalue weighted by molar-refractivity contribution is -0.142. The van der Waals surface area contributed by atoms with Crippen LogP contribution in [0.25, 0.3) is 14.9 Å². The van der Waals surface area contributed by atoms with Gasteiger partial charge in [-0.3, -0.25) is 4.79 Å². The number of aryl methyl sites for hydroxylation is 1. The molecule has 2 heterocycles. The summed E-state index contributed by atoms with van der Waals surface area (Å²) in [6, 6.07) is 7.41. The molecule has 0 spiro atoms. The van der Waals surface area contributed by atoms with Crippen molar-refractivity contribution in [2.24, 2.45) is 0 Å². The van der Waals surface area contributed by atoms with Gasteiger partial charge in [0.2, 0.25) is 0 Å². The standard InChI is InChI=1S/C21H17ClN2O3S/c1-3-26-20(25)8-12-11-28-18-10-13(9-15(22)21(12)18)27-17-6-5-16-14(17)4-7-19(23-2)24-16/h4,7,9-11,17H,3,5-6,8H2,1H3. The summed E-state index contributed by atoms with van der Waals surface area (Å²) in [7, 11) is 0. The summed E-state index contributed by atoms with van der Waals surface area (Å²) in [5.74, 6) is 0.846. The van der Waals surface area contributed by atoms with Crippen LogP contribution < -0.4 is 4.74 Å². The number of carbonyl (C=O) groups excluding carboxylic acids is 1. The van der Waals surface area contributed by atoms with Gasteiger partial charge in [-0.2, -0.15) is 0 Å². The lowest BCUT2D eigenvalue weighted by Gasteiger charge is -2.15. The molecule has 1 aromatic carbocycles. The summed E-state index contributed by atoms with van der Waals surface area (Å²) in [6.07, 6.45) is 1.72. The molecule has 0 bridgehead atoms. The smallest absolute Gasteiger partial charge is 0.310 e. The van der Waals surface area contributed by atoms with Crippen molar-refractivity contribution in [3.05, 3.63) is 62.9 Å². The van der Waals surface area contributed by atoms with E-state index in [1.54, 1.807) is 19.1 Å². The van der Waals surface area contributed by atoms with Crippen LogP contribution in [-0.2, 0) is 22.4 Å². The molecule has 28 heavy (non-hydrogen) atoms. The summed E-state index contributed by atoms with van der Waals surface area (Å²) in [6.45, 7) is 9.25. The topological polar surface area (TPSA) is 52.8 Å². The van der Waals surface area contributed by atoms with Crippen LogP contribution in [-0.4, -0.2) is 17.6 Å². The molecule has 0 aliphatic heterocycles. The largest absolute Gasteiger partial charge is 0.485 e. The minimum atomic E-state index is -0.257. The van der Waals surface area contributed by atoms with Crippen molar-refractivity contribution in [2.75, 3.05) is 6.61 Å². The number of halogens is 1. The number of rotatable bonds is 5. The van der Waals surface area contributed by atoms with Crippen molar-refractivity contribution < 1.29 is 14.3 Å². The fourth-order valence-corrected chi connectivity index (χ4v) is 4.89. The summed E-state index contributed by atoms with van der Waals surface area (Å²) >= 11 is 8.06. The van der Waals surface area contributed by atoms with E-state index in [9.17, 15) is 4.79 Å².